The van der Waals surface area contributed by atoms with Gasteiger partial charge in [-0.1, -0.05) is 342 Å². The third kappa shape index (κ3) is 48.1. The molecule has 0 radical (unpaired) electrons. The number of ether oxygens (including phenoxy) is 3. The Kier molecular flexibility index (Phi) is 52.9. The Hall–Kier alpha value is -1.59. The standard InChI is InChI=1S/C66H127NO5/c1-4-7-10-13-16-19-22-25-28-30-32-34-37-40-43-46-49-52-55-58-64(68)71-61-66(60-70-63(67-66)57-54-51-48-45-42-39-36-27-24-21-18-15-12-9-6-3)62-72-65(69)59-56-53-50-47-44-41-38-35-33-31-29-26-23-20-17-14-11-8-5-2/h4-62H2,1-3H3. The Morgan fingerprint density at radius 3 is 0.778 bits per heavy atom. The van der Waals surface area contributed by atoms with Crippen LogP contribution in [0.4, 0.5) is 0 Å². The lowest BCUT2D eigenvalue weighted by Crippen LogP contribution is -2.41. The second-order valence-corrected chi connectivity index (χ2v) is 23.3. The smallest absolute Gasteiger partial charge is 0.305 e. The third-order valence-corrected chi connectivity index (χ3v) is 15.8. The molecule has 0 aliphatic carbocycles. The summed E-state index contributed by atoms with van der Waals surface area (Å²) in [5, 5.41) is 0. The number of esters is 2. The van der Waals surface area contributed by atoms with Crippen molar-refractivity contribution in [1.29, 1.82) is 0 Å². The summed E-state index contributed by atoms with van der Waals surface area (Å²) in [5.74, 6) is 0.384. The van der Waals surface area contributed by atoms with Gasteiger partial charge in [0.05, 0.1) is 0 Å². The molecule has 6 heteroatoms. The Morgan fingerprint density at radius 1 is 0.333 bits per heavy atom. The highest BCUT2D eigenvalue weighted by Gasteiger charge is 2.40. The molecule has 0 bridgehead atoms. The lowest BCUT2D eigenvalue weighted by molar-refractivity contribution is -0.150. The van der Waals surface area contributed by atoms with Crippen LogP contribution in [0.5, 0.6) is 0 Å². The van der Waals surface area contributed by atoms with Gasteiger partial charge in [0, 0.05) is 19.3 Å². The van der Waals surface area contributed by atoms with Gasteiger partial charge in [0.25, 0.3) is 0 Å². The summed E-state index contributed by atoms with van der Waals surface area (Å²) in [7, 11) is 0. The van der Waals surface area contributed by atoms with E-state index in [1.807, 2.05) is 0 Å². The monoisotopic (exact) mass is 1010 g/mol. The van der Waals surface area contributed by atoms with Gasteiger partial charge in [0.2, 0.25) is 0 Å². The second-order valence-electron chi connectivity index (χ2n) is 23.3. The van der Waals surface area contributed by atoms with Crippen LogP contribution >= 0.6 is 0 Å². The van der Waals surface area contributed by atoms with Gasteiger partial charge in [-0.3, -0.25) is 9.59 Å². The van der Waals surface area contributed by atoms with Gasteiger partial charge in [-0.2, -0.15) is 0 Å². The van der Waals surface area contributed by atoms with Gasteiger partial charge in [-0.15, -0.1) is 0 Å². The molecular formula is C66H127NO5. The molecule has 1 aliphatic rings. The highest BCUT2D eigenvalue weighted by atomic mass is 16.6. The summed E-state index contributed by atoms with van der Waals surface area (Å²) in [6.07, 6.45) is 72.6. The first-order valence-corrected chi connectivity index (χ1v) is 33.1. The van der Waals surface area contributed by atoms with Crippen molar-refractivity contribution in [3.05, 3.63) is 0 Å². The molecule has 72 heavy (non-hydrogen) atoms. The van der Waals surface area contributed by atoms with Crippen LogP contribution in [0.15, 0.2) is 4.99 Å². The van der Waals surface area contributed by atoms with E-state index in [2.05, 4.69) is 20.8 Å². The van der Waals surface area contributed by atoms with Gasteiger partial charge >= 0.3 is 11.9 Å². The van der Waals surface area contributed by atoms with Crippen LogP contribution in [0.1, 0.15) is 380 Å². The number of hydrogen-bond donors (Lipinski definition) is 0. The van der Waals surface area contributed by atoms with Crippen LogP contribution in [0.3, 0.4) is 0 Å². The highest BCUT2D eigenvalue weighted by molar-refractivity contribution is 5.78. The van der Waals surface area contributed by atoms with E-state index in [1.54, 1.807) is 0 Å². The van der Waals surface area contributed by atoms with Crippen molar-refractivity contribution >= 4 is 17.8 Å². The van der Waals surface area contributed by atoms with Crippen molar-refractivity contribution < 1.29 is 23.8 Å². The molecule has 0 spiro atoms. The molecule has 1 heterocycles. The molecule has 0 saturated carbocycles. The second kappa shape index (κ2) is 55.6. The van der Waals surface area contributed by atoms with E-state index in [4.69, 9.17) is 19.2 Å². The molecule has 0 saturated heterocycles. The maximum atomic E-state index is 13.0. The van der Waals surface area contributed by atoms with Gasteiger partial charge in [0.1, 0.15) is 19.8 Å². The first-order chi connectivity index (χ1) is 35.5. The Labute approximate surface area is 450 Å². The molecule has 0 unspecified atom stereocenters. The molecule has 1 aliphatic heterocycles. The van der Waals surface area contributed by atoms with E-state index < -0.39 is 5.54 Å². The van der Waals surface area contributed by atoms with Crippen LogP contribution in [0.2, 0.25) is 0 Å². The zero-order valence-corrected chi connectivity index (χ0v) is 49.2. The molecule has 426 valence electrons. The van der Waals surface area contributed by atoms with E-state index in [0.717, 1.165) is 44.4 Å². The molecule has 0 N–H and O–H groups in total. The normalized spacial score (nSPS) is 13.2. The van der Waals surface area contributed by atoms with E-state index in [-0.39, 0.29) is 25.2 Å². The summed E-state index contributed by atoms with van der Waals surface area (Å²) in [5.41, 5.74) is -0.836. The maximum Gasteiger partial charge on any atom is 0.305 e. The first-order valence-electron chi connectivity index (χ1n) is 33.1. The molecule has 0 fully saturated rings. The van der Waals surface area contributed by atoms with Gasteiger partial charge in [0.15, 0.2) is 11.4 Å². The fourth-order valence-corrected chi connectivity index (χ4v) is 10.8. The van der Waals surface area contributed by atoms with Crippen LogP contribution in [0, 0.1) is 0 Å². The van der Waals surface area contributed by atoms with Gasteiger partial charge in [-0.05, 0) is 19.3 Å². The minimum Gasteiger partial charge on any atom is -0.478 e. The topological polar surface area (TPSA) is 74.2 Å². The average molecular weight is 1010 g/mol. The number of carbonyl (C=O) groups is 2. The van der Waals surface area contributed by atoms with Crippen molar-refractivity contribution in [2.75, 3.05) is 19.8 Å². The minimum absolute atomic E-state index is 0.111. The number of hydrogen-bond acceptors (Lipinski definition) is 6. The van der Waals surface area contributed by atoms with E-state index in [9.17, 15) is 9.59 Å². The van der Waals surface area contributed by atoms with Crippen molar-refractivity contribution in [2.24, 2.45) is 4.99 Å². The SMILES string of the molecule is CCCCCCCCCCCCCCCCCCCCCC(=O)OCC1(COC(=O)CCCCCCCCCCCCCCCCCCCCC)COC(CCCCCCCCCCCCCCCCC)=N1. The quantitative estimate of drug-likeness (QED) is 0.0448. The predicted octanol–water partition coefficient (Wildman–Crippen LogP) is 22.1. The summed E-state index contributed by atoms with van der Waals surface area (Å²) >= 11 is 0. The molecule has 1 rings (SSSR count). The van der Waals surface area contributed by atoms with E-state index >= 15 is 0 Å². The number of unbranched alkanes of at least 4 members (excludes halogenated alkanes) is 50. The van der Waals surface area contributed by atoms with Crippen molar-refractivity contribution in [1.82, 2.24) is 0 Å². The van der Waals surface area contributed by atoms with Crippen molar-refractivity contribution in [3.63, 3.8) is 0 Å². The number of carbonyl (C=O) groups excluding carboxylic acids is 2. The summed E-state index contributed by atoms with van der Waals surface area (Å²) in [6, 6.07) is 0. The van der Waals surface area contributed by atoms with Crippen molar-refractivity contribution in [3.8, 4) is 0 Å². The van der Waals surface area contributed by atoms with Crippen LogP contribution in [-0.4, -0.2) is 43.2 Å². The van der Waals surface area contributed by atoms with Crippen LogP contribution in [0.25, 0.3) is 0 Å². The largest absolute Gasteiger partial charge is 0.478 e. The van der Waals surface area contributed by atoms with Crippen LogP contribution < -0.4 is 0 Å². The summed E-state index contributed by atoms with van der Waals surface area (Å²) in [4.78, 5) is 30.9. The third-order valence-electron chi connectivity index (χ3n) is 15.8. The van der Waals surface area contributed by atoms with Crippen LogP contribution in [-0.2, 0) is 23.8 Å². The summed E-state index contributed by atoms with van der Waals surface area (Å²) < 4.78 is 17.9. The molecule has 6 nitrogen and oxygen atoms in total. The lowest BCUT2D eigenvalue weighted by atomic mass is 10.0. The predicted molar refractivity (Wildman–Crippen MR) is 314 cm³/mol. The molecular weight excluding hydrogens is 887 g/mol. The highest BCUT2D eigenvalue weighted by Crippen LogP contribution is 2.25. The Morgan fingerprint density at radius 2 is 0.542 bits per heavy atom. The molecule has 0 aromatic rings. The zero-order chi connectivity index (χ0) is 51.8. The molecule has 0 atom stereocenters. The lowest BCUT2D eigenvalue weighted by Gasteiger charge is -2.23. The van der Waals surface area contributed by atoms with Gasteiger partial charge in [-0.25, -0.2) is 4.99 Å². The maximum absolute atomic E-state index is 13.0. The Bertz CT molecular complexity index is 1100. The summed E-state index contributed by atoms with van der Waals surface area (Å²) in [6.45, 7) is 7.41. The van der Waals surface area contributed by atoms with E-state index in [0.29, 0.717) is 19.4 Å². The molecule has 0 aromatic carbocycles. The van der Waals surface area contributed by atoms with E-state index in [1.165, 1.54) is 308 Å². The van der Waals surface area contributed by atoms with Gasteiger partial charge < -0.3 is 14.2 Å². The average Bonchev–Trinajstić information content (AvgIpc) is 3.80. The first kappa shape index (κ1) is 68.4. The molecule has 0 aromatic heterocycles. The Balaban J connectivity index is 2.28. The number of rotatable bonds is 60. The fraction of sp³-hybridized carbons (Fsp3) is 0.955. The minimum atomic E-state index is -0.836. The fourth-order valence-electron chi connectivity index (χ4n) is 10.8. The van der Waals surface area contributed by atoms with Crippen molar-refractivity contribution in [2.45, 2.75) is 386 Å². The number of aliphatic imine (C=N–C) groups is 1. The zero-order valence-electron chi connectivity index (χ0n) is 49.2. The number of nitrogens with zero attached hydrogens (tertiary/aromatic N) is 1. The molecule has 0 amide bonds.